The fourth-order valence-corrected chi connectivity index (χ4v) is 4.93. The van der Waals surface area contributed by atoms with Crippen LogP contribution < -0.4 is 0 Å². The van der Waals surface area contributed by atoms with Crippen LogP contribution in [0, 0.1) is 6.92 Å². The van der Waals surface area contributed by atoms with E-state index in [1.807, 2.05) is 30.2 Å². The normalized spacial score (nSPS) is 16.2. The fourth-order valence-electron chi connectivity index (χ4n) is 4.22. The Morgan fingerprint density at radius 1 is 1.10 bits per heavy atom. The molecule has 0 unspecified atom stereocenters. The molecule has 1 aliphatic heterocycles. The summed E-state index contributed by atoms with van der Waals surface area (Å²) in [5.74, 6) is 0.510. The lowest BCUT2D eigenvalue weighted by molar-refractivity contribution is 0.0679. The van der Waals surface area contributed by atoms with Gasteiger partial charge in [-0.15, -0.1) is 11.3 Å². The molecule has 1 saturated heterocycles. The van der Waals surface area contributed by atoms with Crippen LogP contribution in [0.5, 0.6) is 0 Å². The van der Waals surface area contributed by atoms with Crippen molar-refractivity contribution in [2.75, 3.05) is 13.1 Å². The SMILES string of the molecule is Cc1nc(C2(c3ccccc3)CCN(C(=O)c3cn4cccnc4n3)CC2)cs1. The third kappa shape index (κ3) is 3.11. The van der Waals surface area contributed by atoms with Crippen molar-refractivity contribution < 1.29 is 4.79 Å². The second-order valence-electron chi connectivity index (χ2n) is 7.45. The van der Waals surface area contributed by atoms with E-state index in [0.29, 0.717) is 24.6 Å². The van der Waals surface area contributed by atoms with Crippen molar-refractivity contribution in [1.82, 2.24) is 24.3 Å². The Balaban J connectivity index is 1.42. The molecule has 0 aliphatic carbocycles. The van der Waals surface area contributed by atoms with Crippen LogP contribution in [-0.4, -0.2) is 43.2 Å². The first kappa shape index (κ1) is 18.0. The van der Waals surface area contributed by atoms with Crippen molar-refractivity contribution in [3.8, 4) is 0 Å². The molecule has 146 valence electrons. The minimum Gasteiger partial charge on any atom is -0.337 e. The number of carbonyl (C=O) groups excluding carboxylic acids is 1. The highest BCUT2D eigenvalue weighted by molar-refractivity contribution is 7.09. The second kappa shape index (κ2) is 7.08. The number of piperidine rings is 1. The van der Waals surface area contributed by atoms with E-state index in [-0.39, 0.29) is 11.3 Å². The van der Waals surface area contributed by atoms with Crippen LogP contribution >= 0.6 is 11.3 Å². The smallest absolute Gasteiger partial charge is 0.274 e. The van der Waals surface area contributed by atoms with Crippen LogP contribution in [0.25, 0.3) is 5.78 Å². The molecule has 1 aliphatic rings. The highest BCUT2D eigenvalue weighted by Crippen LogP contribution is 2.42. The van der Waals surface area contributed by atoms with E-state index in [1.54, 1.807) is 28.1 Å². The number of aromatic nitrogens is 4. The largest absolute Gasteiger partial charge is 0.337 e. The maximum Gasteiger partial charge on any atom is 0.274 e. The van der Waals surface area contributed by atoms with Gasteiger partial charge in [0.2, 0.25) is 5.78 Å². The number of rotatable bonds is 3. The Labute approximate surface area is 172 Å². The molecule has 0 spiro atoms. The number of imidazole rings is 1. The van der Waals surface area contributed by atoms with Crippen molar-refractivity contribution in [2.24, 2.45) is 0 Å². The van der Waals surface area contributed by atoms with Crippen molar-refractivity contribution in [3.63, 3.8) is 0 Å². The van der Waals surface area contributed by atoms with E-state index in [0.717, 1.165) is 23.5 Å². The molecule has 29 heavy (non-hydrogen) atoms. The molecule has 1 amide bonds. The molecule has 1 aromatic carbocycles. The maximum atomic E-state index is 13.1. The summed E-state index contributed by atoms with van der Waals surface area (Å²) in [5.41, 5.74) is 2.69. The Bertz CT molecular complexity index is 1130. The lowest BCUT2D eigenvalue weighted by Crippen LogP contribution is -2.46. The maximum absolute atomic E-state index is 13.1. The molecule has 0 N–H and O–H groups in total. The van der Waals surface area contributed by atoms with E-state index < -0.39 is 0 Å². The van der Waals surface area contributed by atoms with Gasteiger partial charge in [0, 0.05) is 42.5 Å². The predicted molar refractivity (Wildman–Crippen MR) is 112 cm³/mol. The Kier molecular flexibility index (Phi) is 4.39. The number of fused-ring (bicyclic) bond motifs is 1. The van der Waals surface area contributed by atoms with Crippen LogP contribution in [0.1, 0.15) is 39.6 Å². The summed E-state index contributed by atoms with van der Waals surface area (Å²) in [4.78, 5) is 28.4. The molecule has 0 radical (unpaired) electrons. The standard InChI is InChI=1S/C22H21N5OS/c1-16-24-19(15-29-16)22(17-6-3-2-4-7-17)8-12-26(13-9-22)20(28)18-14-27-11-5-10-23-21(27)25-18/h2-7,10-11,14-15H,8-9,12-13H2,1H3. The number of hydrogen-bond donors (Lipinski definition) is 0. The Morgan fingerprint density at radius 3 is 2.59 bits per heavy atom. The number of aryl methyl sites for hydroxylation is 1. The average molecular weight is 404 g/mol. The van der Waals surface area contributed by atoms with Gasteiger partial charge in [0.1, 0.15) is 5.69 Å². The molecule has 1 fully saturated rings. The number of benzene rings is 1. The molecule has 5 rings (SSSR count). The fraction of sp³-hybridized carbons (Fsp3) is 0.273. The van der Waals surface area contributed by atoms with E-state index in [4.69, 9.17) is 4.98 Å². The quantitative estimate of drug-likeness (QED) is 0.523. The number of likely N-dealkylation sites (tertiary alicyclic amines) is 1. The molecule has 6 nitrogen and oxygen atoms in total. The molecule has 4 heterocycles. The van der Waals surface area contributed by atoms with Crippen LogP contribution in [-0.2, 0) is 5.41 Å². The molecule has 0 bridgehead atoms. The minimum absolute atomic E-state index is 0.0355. The van der Waals surface area contributed by atoms with Gasteiger partial charge in [0.25, 0.3) is 5.91 Å². The second-order valence-corrected chi connectivity index (χ2v) is 8.51. The highest BCUT2D eigenvalue weighted by atomic mass is 32.1. The van der Waals surface area contributed by atoms with Gasteiger partial charge in [-0.1, -0.05) is 30.3 Å². The number of amides is 1. The number of hydrogen-bond acceptors (Lipinski definition) is 5. The number of thiazole rings is 1. The third-order valence-electron chi connectivity index (χ3n) is 5.79. The summed E-state index contributed by atoms with van der Waals surface area (Å²) in [6.07, 6.45) is 6.98. The minimum atomic E-state index is -0.150. The van der Waals surface area contributed by atoms with Crippen LogP contribution in [0.15, 0.2) is 60.4 Å². The van der Waals surface area contributed by atoms with Gasteiger partial charge in [-0.3, -0.25) is 9.20 Å². The van der Waals surface area contributed by atoms with Crippen molar-refractivity contribution in [2.45, 2.75) is 25.2 Å². The van der Waals surface area contributed by atoms with E-state index in [2.05, 4.69) is 39.6 Å². The van der Waals surface area contributed by atoms with Crippen molar-refractivity contribution in [3.05, 3.63) is 82.3 Å². The van der Waals surface area contributed by atoms with Crippen LogP contribution in [0.3, 0.4) is 0 Å². The first-order valence-corrected chi connectivity index (χ1v) is 10.6. The predicted octanol–water partition coefficient (Wildman–Crippen LogP) is 3.72. The summed E-state index contributed by atoms with van der Waals surface area (Å²) >= 11 is 1.69. The van der Waals surface area contributed by atoms with Gasteiger partial charge in [-0.2, -0.15) is 0 Å². The highest BCUT2D eigenvalue weighted by Gasteiger charge is 2.41. The summed E-state index contributed by atoms with van der Waals surface area (Å²) in [6, 6.07) is 12.4. The van der Waals surface area contributed by atoms with Gasteiger partial charge in [-0.25, -0.2) is 15.0 Å². The first-order valence-electron chi connectivity index (χ1n) is 9.73. The van der Waals surface area contributed by atoms with Crippen molar-refractivity contribution >= 4 is 23.0 Å². The molecule has 4 aromatic rings. The number of carbonyl (C=O) groups is 1. The van der Waals surface area contributed by atoms with Gasteiger partial charge in [-0.05, 0) is 31.4 Å². The van der Waals surface area contributed by atoms with Gasteiger partial charge < -0.3 is 4.90 Å². The summed E-state index contributed by atoms with van der Waals surface area (Å²) in [7, 11) is 0. The van der Waals surface area contributed by atoms with Gasteiger partial charge in [0.05, 0.1) is 10.7 Å². The summed E-state index contributed by atoms with van der Waals surface area (Å²) in [5, 5.41) is 3.25. The first-order chi connectivity index (χ1) is 14.2. The van der Waals surface area contributed by atoms with Crippen molar-refractivity contribution in [1.29, 1.82) is 0 Å². The topological polar surface area (TPSA) is 63.4 Å². The van der Waals surface area contributed by atoms with Gasteiger partial charge in [0.15, 0.2) is 0 Å². The third-order valence-corrected chi connectivity index (χ3v) is 6.57. The zero-order chi connectivity index (χ0) is 19.8. The number of nitrogens with zero attached hydrogens (tertiary/aromatic N) is 5. The van der Waals surface area contributed by atoms with E-state index in [1.165, 1.54) is 5.56 Å². The molecule has 0 saturated carbocycles. The van der Waals surface area contributed by atoms with Crippen LogP contribution in [0.4, 0.5) is 0 Å². The molecule has 0 atom stereocenters. The molecule has 3 aromatic heterocycles. The summed E-state index contributed by atoms with van der Waals surface area (Å²) in [6.45, 7) is 3.39. The van der Waals surface area contributed by atoms with E-state index >= 15 is 0 Å². The Morgan fingerprint density at radius 2 is 1.90 bits per heavy atom. The lowest BCUT2D eigenvalue weighted by atomic mass is 9.70. The lowest BCUT2D eigenvalue weighted by Gasteiger charge is -2.41. The Hall–Kier alpha value is -3.06. The molecular weight excluding hydrogens is 382 g/mol. The summed E-state index contributed by atoms with van der Waals surface area (Å²) < 4.78 is 1.78. The van der Waals surface area contributed by atoms with Gasteiger partial charge >= 0.3 is 0 Å². The monoisotopic (exact) mass is 403 g/mol. The molecular formula is C22H21N5OS. The zero-order valence-corrected chi connectivity index (χ0v) is 17.0. The zero-order valence-electron chi connectivity index (χ0n) is 16.2. The van der Waals surface area contributed by atoms with E-state index in [9.17, 15) is 4.79 Å². The molecule has 7 heteroatoms. The van der Waals surface area contributed by atoms with Crippen LogP contribution in [0.2, 0.25) is 0 Å². The average Bonchev–Trinajstić information content (AvgIpc) is 3.40.